The zero-order valence-corrected chi connectivity index (χ0v) is 45.9. The van der Waals surface area contributed by atoms with Crippen molar-refractivity contribution in [3.8, 4) is 0 Å². The molecule has 0 bridgehead atoms. The minimum Gasteiger partial charge on any atom is -0.466 e. The molecule has 0 aromatic heterocycles. The Kier molecular flexibility index (Phi) is 56.5. The van der Waals surface area contributed by atoms with Crippen LogP contribution >= 0.6 is 0 Å². The summed E-state index contributed by atoms with van der Waals surface area (Å²) in [7, 11) is 0. The van der Waals surface area contributed by atoms with Gasteiger partial charge in [-0.1, -0.05) is 289 Å². The summed E-state index contributed by atoms with van der Waals surface area (Å²) in [6.07, 6.45) is 70.3. The highest BCUT2D eigenvalue weighted by molar-refractivity contribution is 5.76. The van der Waals surface area contributed by atoms with Crippen LogP contribution in [0.25, 0.3) is 0 Å². The quantitative estimate of drug-likeness (QED) is 0.0321. The molecule has 0 aliphatic rings. The van der Waals surface area contributed by atoms with Crippen molar-refractivity contribution in [1.29, 1.82) is 0 Å². The van der Waals surface area contributed by atoms with Crippen LogP contribution in [-0.2, 0) is 14.3 Å². The Morgan fingerprint density at radius 1 is 0.412 bits per heavy atom. The molecule has 0 aliphatic carbocycles. The molecule has 6 heteroatoms. The topological polar surface area (TPSA) is 95.9 Å². The van der Waals surface area contributed by atoms with E-state index in [-0.39, 0.29) is 18.5 Å². The van der Waals surface area contributed by atoms with Crippen LogP contribution < -0.4 is 5.32 Å². The Morgan fingerprint density at radius 3 is 1.13 bits per heavy atom. The van der Waals surface area contributed by atoms with Gasteiger partial charge in [-0.25, -0.2) is 0 Å². The van der Waals surface area contributed by atoms with Gasteiger partial charge in [-0.15, -0.1) is 0 Å². The summed E-state index contributed by atoms with van der Waals surface area (Å²) in [5.74, 6) is -0.0368. The summed E-state index contributed by atoms with van der Waals surface area (Å²) in [5, 5.41) is 23.3. The van der Waals surface area contributed by atoms with Crippen molar-refractivity contribution in [2.45, 2.75) is 347 Å². The van der Waals surface area contributed by atoms with Crippen LogP contribution in [0.4, 0.5) is 0 Å². The third kappa shape index (κ3) is 53.7. The van der Waals surface area contributed by atoms with Crippen molar-refractivity contribution in [1.82, 2.24) is 5.32 Å². The van der Waals surface area contributed by atoms with Crippen molar-refractivity contribution in [2.75, 3.05) is 13.2 Å². The second-order valence-electron chi connectivity index (χ2n) is 21.0. The fourth-order valence-corrected chi connectivity index (χ4v) is 9.55. The van der Waals surface area contributed by atoms with Gasteiger partial charge in [-0.3, -0.25) is 9.59 Å². The molecule has 0 aromatic carbocycles. The van der Waals surface area contributed by atoms with E-state index >= 15 is 0 Å². The first-order valence-corrected chi connectivity index (χ1v) is 30.6. The van der Waals surface area contributed by atoms with E-state index in [2.05, 4.69) is 43.5 Å². The van der Waals surface area contributed by atoms with E-state index < -0.39 is 12.1 Å². The Morgan fingerprint density at radius 2 is 0.735 bits per heavy atom. The van der Waals surface area contributed by atoms with Crippen LogP contribution in [0, 0.1) is 0 Å². The summed E-state index contributed by atoms with van der Waals surface area (Å²) in [6, 6.07) is -0.544. The van der Waals surface area contributed by atoms with Gasteiger partial charge in [0.15, 0.2) is 0 Å². The van der Waals surface area contributed by atoms with Crippen LogP contribution in [0.2, 0.25) is 0 Å². The Hall–Kier alpha value is -1.66. The lowest BCUT2D eigenvalue weighted by Gasteiger charge is -2.22. The minimum atomic E-state index is -0.667. The second-order valence-corrected chi connectivity index (χ2v) is 21.0. The van der Waals surface area contributed by atoms with Crippen LogP contribution in [0.15, 0.2) is 24.3 Å². The molecule has 2 unspecified atom stereocenters. The van der Waals surface area contributed by atoms with E-state index in [0.29, 0.717) is 25.9 Å². The summed E-state index contributed by atoms with van der Waals surface area (Å²) < 4.78 is 5.49. The number of esters is 1. The number of rotatable bonds is 57. The van der Waals surface area contributed by atoms with Crippen LogP contribution in [0.5, 0.6) is 0 Å². The number of ether oxygens (including phenoxy) is 1. The van der Waals surface area contributed by atoms with Crippen molar-refractivity contribution in [3.05, 3.63) is 24.3 Å². The number of carbonyl (C=O) groups excluding carboxylic acids is 2. The molecule has 0 radical (unpaired) electrons. The van der Waals surface area contributed by atoms with Gasteiger partial charge in [-0.2, -0.15) is 0 Å². The zero-order valence-electron chi connectivity index (χ0n) is 45.9. The molecule has 6 nitrogen and oxygen atoms in total. The first kappa shape index (κ1) is 66.3. The predicted octanol–water partition coefficient (Wildman–Crippen LogP) is 19.0. The van der Waals surface area contributed by atoms with Gasteiger partial charge in [-0.05, 0) is 57.8 Å². The van der Waals surface area contributed by atoms with E-state index in [4.69, 9.17) is 4.74 Å². The Bertz CT molecular complexity index is 1060. The van der Waals surface area contributed by atoms with Crippen molar-refractivity contribution in [3.63, 3.8) is 0 Å². The number of allylic oxidation sites excluding steroid dienone is 4. The highest BCUT2D eigenvalue weighted by atomic mass is 16.5. The summed E-state index contributed by atoms with van der Waals surface area (Å²) in [6.45, 7) is 4.94. The third-order valence-electron chi connectivity index (χ3n) is 14.3. The van der Waals surface area contributed by atoms with Gasteiger partial charge in [0.2, 0.25) is 5.91 Å². The molecule has 0 aliphatic heterocycles. The van der Waals surface area contributed by atoms with Crippen molar-refractivity contribution in [2.24, 2.45) is 0 Å². The van der Waals surface area contributed by atoms with Gasteiger partial charge >= 0.3 is 5.97 Å². The lowest BCUT2D eigenvalue weighted by atomic mass is 10.0. The number of hydrogen-bond acceptors (Lipinski definition) is 5. The van der Waals surface area contributed by atoms with Gasteiger partial charge in [0.25, 0.3) is 0 Å². The maximum Gasteiger partial charge on any atom is 0.305 e. The maximum absolute atomic E-state index is 12.5. The highest BCUT2D eigenvalue weighted by Gasteiger charge is 2.20. The molecule has 402 valence electrons. The number of aliphatic hydroxyl groups excluding tert-OH is 2. The molecule has 0 saturated heterocycles. The van der Waals surface area contributed by atoms with Crippen molar-refractivity contribution >= 4 is 11.9 Å². The van der Waals surface area contributed by atoms with E-state index in [9.17, 15) is 19.8 Å². The Labute approximate surface area is 424 Å². The number of nitrogens with one attached hydrogen (secondary N) is 1. The van der Waals surface area contributed by atoms with Crippen LogP contribution in [0.1, 0.15) is 335 Å². The number of carbonyl (C=O) groups is 2. The standard InChI is InChI=1S/C62H119NO5/c1-3-5-7-9-11-13-15-17-19-20-24-28-32-36-40-44-48-52-56-62(67)68-57-53-49-45-41-37-33-29-25-22-21-23-27-31-35-39-43-47-51-55-61(66)63-59(58-64)60(65)54-50-46-42-38-34-30-26-18-16-14-12-10-8-6-4-2/h13,15,19-20,59-60,64-65H,3-12,14,16-18,21-58H2,1-2H3,(H,63,66)/b15-13-,20-19-. The molecular weight excluding hydrogens is 839 g/mol. The molecule has 0 saturated carbocycles. The minimum absolute atomic E-state index is 0.000509. The van der Waals surface area contributed by atoms with Gasteiger partial charge in [0, 0.05) is 12.8 Å². The average molecular weight is 959 g/mol. The summed E-state index contributed by atoms with van der Waals surface area (Å²) >= 11 is 0. The molecule has 3 N–H and O–H groups in total. The van der Waals surface area contributed by atoms with Crippen LogP contribution in [-0.4, -0.2) is 47.4 Å². The first-order valence-electron chi connectivity index (χ1n) is 30.6. The summed E-state index contributed by atoms with van der Waals surface area (Å²) in [4.78, 5) is 24.6. The monoisotopic (exact) mass is 958 g/mol. The van der Waals surface area contributed by atoms with Gasteiger partial charge in [0.1, 0.15) is 0 Å². The number of amides is 1. The van der Waals surface area contributed by atoms with E-state index in [0.717, 1.165) is 51.4 Å². The molecular formula is C62H119NO5. The highest BCUT2D eigenvalue weighted by Crippen LogP contribution is 2.18. The second kappa shape index (κ2) is 57.9. The van der Waals surface area contributed by atoms with E-state index in [1.807, 2.05) is 0 Å². The maximum atomic E-state index is 12.5. The third-order valence-corrected chi connectivity index (χ3v) is 14.3. The normalized spacial score (nSPS) is 12.7. The molecule has 0 heterocycles. The molecule has 2 atom stereocenters. The predicted molar refractivity (Wildman–Crippen MR) is 296 cm³/mol. The van der Waals surface area contributed by atoms with Crippen LogP contribution in [0.3, 0.4) is 0 Å². The van der Waals surface area contributed by atoms with E-state index in [1.165, 1.54) is 250 Å². The summed E-state index contributed by atoms with van der Waals surface area (Å²) in [5.41, 5.74) is 0. The molecule has 0 spiro atoms. The number of aliphatic hydroxyl groups is 2. The number of unbranched alkanes of at least 4 members (excludes halogenated alkanes) is 42. The number of hydrogen-bond donors (Lipinski definition) is 3. The first-order chi connectivity index (χ1) is 33.5. The lowest BCUT2D eigenvalue weighted by Crippen LogP contribution is -2.45. The molecule has 1 amide bonds. The smallest absolute Gasteiger partial charge is 0.305 e. The van der Waals surface area contributed by atoms with E-state index in [1.54, 1.807) is 0 Å². The van der Waals surface area contributed by atoms with Crippen molar-refractivity contribution < 1.29 is 24.5 Å². The molecule has 68 heavy (non-hydrogen) atoms. The zero-order chi connectivity index (χ0) is 49.3. The lowest BCUT2D eigenvalue weighted by molar-refractivity contribution is -0.143. The molecule has 0 aromatic rings. The largest absolute Gasteiger partial charge is 0.466 e. The SMILES string of the molecule is CCCCCC/C=C\C/C=C\CCCCCCCCCC(=O)OCCCCCCCCCCCCCCCCCCCCC(=O)NC(CO)C(O)CCCCCCCCCCCCCCCCC. The Balaban J connectivity index is 3.40. The van der Waals surface area contributed by atoms with Gasteiger partial charge in [0.05, 0.1) is 25.4 Å². The molecule has 0 fully saturated rings. The van der Waals surface area contributed by atoms with Gasteiger partial charge < -0.3 is 20.3 Å². The fourth-order valence-electron chi connectivity index (χ4n) is 9.55. The fraction of sp³-hybridized carbons (Fsp3) is 0.903. The molecule has 0 rings (SSSR count). The average Bonchev–Trinajstić information content (AvgIpc) is 3.34.